The second kappa shape index (κ2) is 5.44. The summed E-state index contributed by atoms with van der Waals surface area (Å²) in [6, 6.07) is 5.42. The Hall–Kier alpha value is -1.56. The molecule has 2 atom stereocenters. The molecular formula is C14H17N3O2S. The van der Waals surface area contributed by atoms with Gasteiger partial charge in [0.05, 0.1) is 17.1 Å². The van der Waals surface area contributed by atoms with Gasteiger partial charge >= 0.3 is 5.97 Å². The van der Waals surface area contributed by atoms with Gasteiger partial charge in [0, 0.05) is 5.25 Å². The summed E-state index contributed by atoms with van der Waals surface area (Å²) in [5.74, 6) is 0.221. The van der Waals surface area contributed by atoms with Gasteiger partial charge in [-0.05, 0) is 43.2 Å². The lowest BCUT2D eigenvalue weighted by atomic mass is 10.2. The van der Waals surface area contributed by atoms with Gasteiger partial charge in [0.1, 0.15) is 5.52 Å². The molecule has 106 valence electrons. The van der Waals surface area contributed by atoms with Gasteiger partial charge < -0.3 is 5.11 Å². The molecule has 2 aromatic rings. The normalized spacial score (nSPS) is 22.4. The summed E-state index contributed by atoms with van der Waals surface area (Å²) >= 11 is 2.01. The zero-order chi connectivity index (χ0) is 14.1. The van der Waals surface area contributed by atoms with Crippen LogP contribution in [-0.4, -0.2) is 37.1 Å². The van der Waals surface area contributed by atoms with Crippen LogP contribution in [0.15, 0.2) is 18.2 Å². The summed E-state index contributed by atoms with van der Waals surface area (Å²) in [4.78, 5) is 11.0. The zero-order valence-corrected chi connectivity index (χ0v) is 12.1. The van der Waals surface area contributed by atoms with Crippen molar-refractivity contribution in [1.82, 2.24) is 15.0 Å². The highest BCUT2D eigenvalue weighted by Gasteiger charge is 2.27. The Kier molecular flexibility index (Phi) is 3.65. The molecule has 6 heteroatoms. The van der Waals surface area contributed by atoms with Crippen LogP contribution >= 0.6 is 11.8 Å². The molecule has 1 saturated carbocycles. The molecule has 0 radical (unpaired) electrons. The molecule has 1 aliphatic rings. The molecule has 0 aliphatic heterocycles. The lowest BCUT2D eigenvalue weighted by Gasteiger charge is -2.11. The van der Waals surface area contributed by atoms with Crippen LogP contribution in [0, 0.1) is 0 Å². The summed E-state index contributed by atoms with van der Waals surface area (Å²) < 4.78 is 1.97. The van der Waals surface area contributed by atoms with Crippen molar-refractivity contribution in [2.45, 2.75) is 37.5 Å². The van der Waals surface area contributed by atoms with E-state index >= 15 is 0 Å². The highest BCUT2D eigenvalue weighted by atomic mass is 32.2. The van der Waals surface area contributed by atoms with Crippen molar-refractivity contribution in [3.05, 3.63) is 23.8 Å². The Morgan fingerprint density at radius 2 is 2.35 bits per heavy atom. The Labute approximate surface area is 121 Å². The molecular weight excluding hydrogens is 274 g/mol. The van der Waals surface area contributed by atoms with E-state index in [9.17, 15) is 4.79 Å². The lowest BCUT2D eigenvalue weighted by molar-refractivity contribution is 0.0697. The van der Waals surface area contributed by atoms with E-state index in [2.05, 4.69) is 17.2 Å². The first-order valence-electron chi connectivity index (χ1n) is 6.89. The Morgan fingerprint density at radius 1 is 1.50 bits per heavy atom. The third kappa shape index (κ3) is 2.40. The minimum atomic E-state index is -0.929. The van der Waals surface area contributed by atoms with Crippen molar-refractivity contribution in [2.24, 2.45) is 0 Å². The standard InChI is InChI=1S/C14H17N3O2S/c1-2-20-11-5-4-10(8-11)17-13-6-3-9(14(18)19)7-12(13)15-16-17/h3,6-7,10-11H,2,4-5,8H2,1H3,(H,18,19). The number of aromatic carboxylic acids is 1. The molecule has 0 bridgehead atoms. The largest absolute Gasteiger partial charge is 0.478 e. The van der Waals surface area contributed by atoms with Gasteiger partial charge in [-0.25, -0.2) is 9.48 Å². The van der Waals surface area contributed by atoms with Crippen LogP contribution in [0.1, 0.15) is 42.6 Å². The van der Waals surface area contributed by atoms with E-state index < -0.39 is 5.97 Å². The van der Waals surface area contributed by atoms with E-state index in [4.69, 9.17) is 5.11 Å². The lowest BCUT2D eigenvalue weighted by Crippen LogP contribution is -2.08. The molecule has 0 amide bonds. The molecule has 1 aromatic carbocycles. The van der Waals surface area contributed by atoms with E-state index in [0.29, 0.717) is 16.8 Å². The number of benzene rings is 1. The van der Waals surface area contributed by atoms with Crippen molar-refractivity contribution in [3.63, 3.8) is 0 Å². The number of carbonyl (C=O) groups is 1. The second-order valence-corrected chi connectivity index (χ2v) is 6.66. The maximum atomic E-state index is 11.0. The van der Waals surface area contributed by atoms with Gasteiger partial charge in [0.2, 0.25) is 0 Å². The molecule has 1 fully saturated rings. The number of aromatic nitrogens is 3. The fourth-order valence-corrected chi connectivity index (χ4v) is 4.00. The molecule has 1 N–H and O–H groups in total. The van der Waals surface area contributed by atoms with Crippen molar-refractivity contribution in [1.29, 1.82) is 0 Å². The second-order valence-electron chi connectivity index (χ2n) is 5.09. The topological polar surface area (TPSA) is 68.0 Å². The molecule has 0 saturated heterocycles. The van der Waals surface area contributed by atoms with Gasteiger partial charge in [-0.1, -0.05) is 12.1 Å². The SMILES string of the molecule is CCSC1CCC(n2nnc3cc(C(=O)O)ccc32)C1. The molecule has 20 heavy (non-hydrogen) atoms. The fraction of sp³-hybridized carbons (Fsp3) is 0.500. The van der Waals surface area contributed by atoms with E-state index in [-0.39, 0.29) is 5.56 Å². The van der Waals surface area contributed by atoms with Crippen LogP contribution in [0.3, 0.4) is 0 Å². The van der Waals surface area contributed by atoms with E-state index in [1.54, 1.807) is 12.1 Å². The van der Waals surface area contributed by atoms with Crippen LogP contribution in [0.25, 0.3) is 11.0 Å². The minimum absolute atomic E-state index is 0.260. The maximum Gasteiger partial charge on any atom is 0.335 e. The van der Waals surface area contributed by atoms with E-state index in [1.807, 2.05) is 22.5 Å². The summed E-state index contributed by atoms with van der Waals surface area (Å²) in [6.07, 6.45) is 3.46. The molecule has 0 spiro atoms. The third-order valence-corrected chi connectivity index (χ3v) is 5.06. The number of nitrogens with zero attached hydrogens (tertiary/aromatic N) is 3. The van der Waals surface area contributed by atoms with Crippen LogP contribution in [0.4, 0.5) is 0 Å². The number of carboxylic acids is 1. The smallest absolute Gasteiger partial charge is 0.335 e. The molecule has 1 aromatic heterocycles. The molecule has 1 heterocycles. The average molecular weight is 291 g/mol. The van der Waals surface area contributed by atoms with Crippen molar-refractivity contribution in [2.75, 3.05) is 5.75 Å². The van der Waals surface area contributed by atoms with Gasteiger partial charge in [-0.15, -0.1) is 5.10 Å². The van der Waals surface area contributed by atoms with Crippen LogP contribution in [0.5, 0.6) is 0 Å². The number of thioether (sulfide) groups is 1. The van der Waals surface area contributed by atoms with Gasteiger partial charge in [-0.3, -0.25) is 0 Å². The zero-order valence-electron chi connectivity index (χ0n) is 11.3. The van der Waals surface area contributed by atoms with E-state index in [0.717, 1.165) is 24.1 Å². The Balaban J connectivity index is 1.88. The Morgan fingerprint density at radius 3 is 3.10 bits per heavy atom. The fourth-order valence-electron chi connectivity index (χ4n) is 2.87. The quantitative estimate of drug-likeness (QED) is 0.938. The minimum Gasteiger partial charge on any atom is -0.478 e. The number of hydrogen-bond acceptors (Lipinski definition) is 4. The molecule has 2 unspecified atom stereocenters. The summed E-state index contributed by atoms with van der Waals surface area (Å²) in [5.41, 5.74) is 1.86. The number of fused-ring (bicyclic) bond motifs is 1. The van der Waals surface area contributed by atoms with Crippen LogP contribution < -0.4 is 0 Å². The number of carboxylic acid groups (broad SMARTS) is 1. The summed E-state index contributed by atoms with van der Waals surface area (Å²) in [5, 5.41) is 18.1. The highest BCUT2D eigenvalue weighted by molar-refractivity contribution is 7.99. The van der Waals surface area contributed by atoms with Gasteiger partial charge in [-0.2, -0.15) is 11.8 Å². The predicted octanol–water partition coefficient (Wildman–Crippen LogP) is 2.98. The summed E-state index contributed by atoms with van der Waals surface area (Å²) in [6.45, 7) is 2.19. The van der Waals surface area contributed by atoms with Gasteiger partial charge in [0.15, 0.2) is 0 Å². The third-order valence-electron chi connectivity index (χ3n) is 3.82. The van der Waals surface area contributed by atoms with Crippen molar-refractivity contribution < 1.29 is 9.90 Å². The first-order valence-corrected chi connectivity index (χ1v) is 7.93. The molecule has 3 rings (SSSR count). The average Bonchev–Trinajstić information content (AvgIpc) is 3.04. The monoisotopic (exact) mass is 291 g/mol. The molecule has 5 nitrogen and oxygen atoms in total. The van der Waals surface area contributed by atoms with Crippen LogP contribution in [0.2, 0.25) is 0 Å². The first kappa shape index (κ1) is 13.4. The molecule has 1 aliphatic carbocycles. The Bertz CT molecular complexity index is 640. The highest BCUT2D eigenvalue weighted by Crippen LogP contribution is 2.37. The van der Waals surface area contributed by atoms with Gasteiger partial charge in [0.25, 0.3) is 0 Å². The van der Waals surface area contributed by atoms with Crippen molar-refractivity contribution >= 4 is 28.8 Å². The number of rotatable bonds is 4. The van der Waals surface area contributed by atoms with E-state index in [1.165, 1.54) is 6.42 Å². The number of hydrogen-bond donors (Lipinski definition) is 1. The van der Waals surface area contributed by atoms with Crippen LogP contribution in [-0.2, 0) is 0 Å². The van der Waals surface area contributed by atoms with Crippen molar-refractivity contribution in [3.8, 4) is 0 Å². The first-order chi connectivity index (χ1) is 9.69. The maximum absolute atomic E-state index is 11.0. The summed E-state index contributed by atoms with van der Waals surface area (Å²) in [7, 11) is 0. The predicted molar refractivity (Wildman–Crippen MR) is 79.3 cm³/mol.